The van der Waals surface area contributed by atoms with Crippen molar-refractivity contribution in [3.05, 3.63) is 140 Å². The fourth-order valence-corrected chi connectivity index (χ4v) is 4.89. The molecule has 0 saturated carbocycles. The SMILES string of the molecule is O=P(Oc1ccccc1)(Oc1cccc(-c2ccccc2)c1)Oc1cccc(-c2ccccc2)c1. The smallest absolute Gasteiger partial charge is 0.386 e. The lowest BCUT2D eigenvalue weighted by Crippen LogP contribution is -2.07. The maximum absolute atomic E-state index is 14.0. The second kappa shape index (κ2) is 10.3. The third-order valence-corrected chi connectivity index (χ3v) is 6.58. The Morgan fingerprint density at radius 3 is 1.17 bits per heavy atom. The van der Waals surface area contributed by atoms with Gasteiger partial charge in [-0.2, -0.15) is 4.57 Å². The fraction of sp³-hybridized carbons (Fsp3) is 0. The normalized spacial score (nSPS) is 11.0. The second-order valence-electron chi connectivity index (χ2n) is 7.82. The third-order valence-electron chi connectivity index (χ3n) is 5.28. The zero-order chi connectivity index (χ0) is 23.9. The van der Waals surface area contributed by atoms with Crippen molar-refractivity contribution in [2.45, 2.75) is 0 Å². The Bertz CT molecular complexity index is 1350. The van der Waals surface area contributed by atoms with Crippen molar-refractivity contribution in [3.8, 4) is 39.5 Å². The minimum absolute atomic E-state index is 0.379. The molecule has 172 valence electrons. The van der Waals surface area contributed by atoms with E-state index in [0.29, 0.717) is 17.2 Å². The number of hydrogen-bond donors (Lipinski definition) is 0. The Kier molecular flexibility index (Phi) is 6.65. The molecule has 0 unspecified atom stereocenters. The highest BCUT2D eigenvalue weighted by molar-refractivity contribution is 7.49. The maximum Gasteiger partial charge on any atom is 0.647 e. The molecule has 0 aliphatic carbocycles. The van der Waals surface area contributed by atoms with E-state index in [1.165, 1.54) is 0 Å². The molecule has 0 aliphatic heterocycles. The van der Waals surface area contributed by atoms with E-state index >= 15 is 0 Å². The molecule has 5 aromatic rings. The molecule has 4 nitrogen and oxygen atoms in total. The van der Waals surface area contributed by atoms with Gasteiger partial charge in [0.05, 0.1) is 0 Å². The van der Waals surface area contributed by atoms with Gasteiger partial charge in [0.25, 0.3) is 0 Å². The summed E-state index contributed by atoms with van der Waals surface area (Å²) in [6.45, 7) is 0. The first-order valence-electron chi connectivity index (χ1n) is 11.2. The summed E-state index contributed by atoms with van der Waals surface area (Å²) in [5, 5.41) is 0. The summed E-state index contributed by atoms with van der Waals surface area (Å²) < 4.78 is 31.6. The lowest BCUT2D eigenvalue weighted by molar-refractivity contribution is 0.298. The second-order valence-corrected chi connectivity index (χ2v) is 9.26. The summed E-state index contributed by atoms with van der Waals surface area (Å²) >= 11 is 0. The lowest BCUT2D eigenvalue weighted by atomic mass is 10.1. The van der Waals surface area contributed by atoms with Gasteiger partial charge < -0.3 is 13.6 Å². The van der Waals surface area contributed by atoms with Crippen LogP contribution in [0.4, 0.5) is 0 Å². The first kappa shape index (κ1) is 22.5. The summed E-state index contributed by atoms with van der Waals surface area (Å²) in [7, 11) is -4.11. The Morgan fingerprint density at radius 1 is 0.371 bits per heavy atom. The summed E-state index contributed by atoms with van der Waals surface area (Å²) in [4.78, 5) is 0. The highest BCUT2D eigenvalue weighted by Crippen LogP contribution is 2.50. The van der Waals surface area contributed by atoms with Crippen LogP contribution in [0.3, 0.4) is 0 Å². The van der Waals surface area contributed by atoms with Crippen molar-refractivity contribution in [1.29, 1.82) is 0 Å². The molecular weight excluding hydrogens is 455 g/mol. The van der Waals surface area contributed by atoms with Crippen LogP contribution in [-0.2, 0) is 4.57 Å². The zero-order valence-electron chi connectivity index (χ0n) is 18.9. The van der Waals surface area contributed by atoms with Gasteiger partial charge in [-0.15, -0.1) is 0 Å². The third kappa shape index (κ3) is 5.81. The quantitative estimate of drug-likeness (QED) is 0.209. The number of benzene rings is 5. The molecule has 0 bridgehead atoms. The number of rotatable bonds is 8. The Morgan fingerprint density at radius 2 is 0.714 bits per heavy atom. The largest absolute Gasteiger partial charge is 0.647 e. The number of hydrogen-bond acceptors (Lipinski definition) is 4. The Labute approximate surface area is 205 Å². The summed E-state index contributed by atoms with van der Waals surface area (Å²) in [6, 6.07) is 43.4. The van der Waals surface area contributed by atoms with Crippen LogP contribution in [0.15, 0.2) is 140 Å². The van der Waals surface area contributed by atoms with E-state index < -0.39 is 7.82 Å². The monoisotopic (exact) mass is 478 g/mol. The van der Waals surface area contributed by atoms with Crippen LogP contribution in [0, 0.1) is 0 Å². The molecule has 0 fully saturated rings. The van der Waals surface area contributed by atoms with Crippen LogP contribution in [0.2, 0.25) is 0 Å². The molecule has 0 atom stereocenters. The van der Waals surface area contributed by atoms with Gasteiger partial charge in [0, 0.05) is 0 Å². The van der Waals surface area contributed by atoms with E-state index in [9.17, 15) is 4.57 Å². The van der Waals surface area contributed by atoms with E-state index in [0.717, 1.165) is 22.3 Å². The van der Waals surface area contributed by atoms with Crippen LogP contribution in [0.5, 0.6) is 17.2 Å². The molecule has 5 heteroatoms. The van der Waals surface area contributed by atoms with Gasteiger partial charge in [-0.25, -0.2) is 0 Å². The van der Waals surface area contributed by atoms with Crippen molar-refractivity contribution in [2.75, 3.05) is 0 Å². The van der Waals surface area contributed by atoms with E-state index in [1.54, 1.807) is 36.4 Å². The molecule has 35 heavy (non-hydrogen) atoms. The van der Waals surface area contributed by atoms with Gasteiger partial charge in [0.2, 0.25) is 0 Å². The van der Waals surface area contributed by atoms with Gasteiger partial charge in [0.1, 0.15) is 17.2 Å². The van der Waals surface area contributed by atoms with E-state index in [4.69, 9.17) is 13.6 Å². The molecule has 0 radical (unpaired) electrons. The predicted molar refractivity (Wildman–Crippen MR) is 140 cm³/mol. The number of phosphoric acid groups is 1. The van der Waals surface area contributed by atoms with Gasteiger partial charge in [0.15, 0.2) is 0 Å². The fourth-order valence-electron chi connectivity index (χ4n) is 3.65. The summed E-state index contributed by atoms with van der Waals surface area (Å²) in [6.07, 6.45) is 0. The number of para-hydroxylation sites is 1. The molecule has 5 aromatic carbocycles. The zero-order valence-corrected chi connectivity index (χ0v) is 19.8. The van der Waals surface area contributed by atoms with E-state index in [1.807, 2.05) is 103 Å². The average molecular weight is 478 g/mol. The predicted octanol–water partition coefficient (Wildman–Crippen LogP) is 8.67. The minimum Gasteiger partial charge on any atom is -0.386 e. The number of phosphoric ester groups is 1. The highest BCUT2D eigenvalue weighted by Gasteiger charge is 2.33. The van der Waals surface area contributed by atoms with E-state index in [-0.39, 0.29) is 0 Å². The van der Waals surface area contributed by atoms with Crippen molar-refractivity contribution in [3.63, 3.8) is 0 Å². The standard InChI is InChI=1S/C30H23O4P/c31-35(32-28-18-8-3-9-19-28,33-29-20-10-16-26(22-29)24-12-4-1-5-13-24)34-30-21-11-17-27(23-30)25-14-6-2-7-15-25/h1-23H. The molecule has 0 aliphatic rings. The highest BCUT2D eigenvalue weighted by atomic mass is 31.2. The topological polar surface area (TPSA) is 44.8 Å². The molecule has 0 N–H and O–H groups in total. The van der Waals surface area contributed by atoms with Crippen molar-refractivity contribution >= 4 is 7.82 Å². The molecule has 5 rings (SSSR count). The van der Waals surface area contributed by atoms with Crippen LogP contribution in [0.25, 0.3) is 22.3 Å². The minimum atomic E-state index is -4.11. The van der Waals surface area contributed by atoms with Crippen molar-refractivity contribution in [2.24, 2.45) is 0 Å². The average Bonchev–Trinajstić information content (AvgIpc) is 2.90. The molecule has 0 aromatic heterocycles. The van der Waals surface area contributed by atoms with E-state index in [2.05, 4.69) is 0 Å². The summed E-state index contributed by atoms with van der Waals surface area (Å²) in [5.74, 6) is 1.14. The first-order valence-corrected chi connectivity index (χ1v) is 12.7. The summed E-state index contributed by atoms with van der Waals surface area (Å²) in [5.41, 5.74) is 3.90. The molecule has 0 spiro atoms. The Balaban J connectivity index is 1.46. The lowest BCUT2D eigenvalue weighted by Gasteiger charge is -2.20. The van der Waals surface area contributed by atoms with Crippen molar-refractivity contribution < 1.29 is 18.1 Å². The Hall–Kier alpha value is -4.27. The molecule has 0 amide bonds. The molecule has 0 heterocycles. The van der Waals surface area contributed by atoms with Crippen LogP contribution in [0.1, 0.15) is 0 Å². The van der Waals surface area contributed by atoms with Gasteiger partial charge in [-0.3, -0.25) is 0 Å². The molecular formula is C30H23O4P. The van der Waals surface area contributed by atoms with Gasteiger partial charge >= 0.3 is 7.82 Å². The molecule has 0 saturated heterocycles. The van der Waals surface area contributed by atoms with Crippen LogP contribution in [-0.4, -0.2) is 0 Å². The van der Waals surface area contributed by atoms with Crippen molar-refractivity contribution in [1.82, 2.24) is 0 Å². The van der Waals surface area contributed by atoms with Crippen LogP contribution < -0.4 is 13.6 Å². The van der Waals surface area contributed by atoms with Gasteiger partial charge in [-0.05, 0) is 58.7 Å². The maximum atomic E-state index is 14.0. The first-order chi connectivity index (χ1) is 17.2. The van der Waals surface area contributed by atoms with Crippen LogP contribution >= 0.6 is 7.82 Å². The van der Waals surface area contributed by atoms with Gasteiger partial charge in [-0.1, -0.05) is 103 Å².